The van der Waals surface area contributed by atoms with Crippen LogP contribution in [0.4, 0.5) is 0 Å². The summed E-state index contributed by atoms with van der Waals surface area (Å²) < 4.78 is 0. The minimum absolute atomic E-state index is 0.241. The fraction of sp³-hybridized carbons (Fsp3) is 0.130. The molecule has 0 aliphatic rings. The molecule has 0 aliphatic carbocycles. The quantitative estimate of drug-likeness (QED) is 0.697. The molecule has 4 nitrogen and oxygen atoms in total. The molecular formula is C23H21NO3. The Morgan fingerprint density at radius 3 is 2.19 bits per heavy atom. The highest BCUT2D eigenvalue weighted by Gasteiger charge is 2.21. The topological polar surface area (TPSA) is 66.4 Å². The van der Waals surface area contributed by atoms with Gasteiger partial charge in [-0.15, -0.1) is 0 Å². The van der Waals surface area contributed by atoms with Crippen LogP contribution in [0.15, 0.2) is 78.9 Å². The van der Waals surface area contributed by atoms with Gasteiger partial charge in [-0.05, 0) is 35.7 Å². The second-order valence-corrected chi connectivity index (χ2v) is 6.50. The average molecular weight is 359 g/mol. The maximum absolute atomic E-state index is 12.5. The first-order valence-electron chi connectivity index (χ1n) is 8.77. The molecule has 4 heteroatoms. The van der Waals surface area contributed by atoms with E-state index in [-0.39, 0.29) is 6.42 Å². The smallest absolute Gasteiger partial charge is 0.326 e. The molecule has 0 heterocycles. The molecule has 1 atom stereocenters. The Balaban J connectivity index is 1.71. The summed E-state index contributed by atoms with van der Waals surface area (Å²) in [6.07, 6.45) is 0.241. The predicted molar refractivity (Wildman–Crippen MR) is 106 cm³/mol. The summed E-state index contributed by atoms with van der Waals surface area (Å²) in [5.74, 6) is -1.44. The molecule has 0 aliphatic heterocycles. The van der Waals surface area contributed by atoms with Gasteiger partial charge >= 0.3 is 5.97 Å². The lowest BCUT2D eigenvalue weighted by Gasteiger charge is -2.15. The Morgan fingerprint density at radius 1 is 0.889 bits per heavy atom. The van der Waals surface area contributed by atoms with Crippen LogP contribution in [0.1, 0.15) is 21.5 Å². The summed E-state index contributed by atoms with van der Waals surface area (Å²) in [5, 5.41) is 12.1. The van der Waals surface area contributed by atoms with Crippen molar-refractivity contribution >= 4 is 11.9 Å². The van der Waals surface area contributed by atoms with Gasteiger partial charge in [0.15, 0.2) is 0 Å². The van der Waals surface area contributed by atoms with E-state index in [9.17, 15) is 14.7 Å². The summed E-state index contributed by atoms with van der Waals surface area (Å²) in [6, 6.07) is 23.7. The fourth-order valence-electron chi connectivity index (χ4n) is 2.96. The predicted octanol–water partition coefficient (Wildman–Crippen LogP) is 4.09. The number of nitrogens with one attached hydrogen (secondary N) is 1. The van der Waals surface area contributed by atoms with Gasteiger partial charge in [-0.1, -0.05) is 72.3 Å². The summed E-state index contributed by atoms with van der Waals surface area (Å²) in [7, 11) is 0. The zero-order valence-electron chi connectivity index (χ0n) is 15.1. The van der Waals surface area contributed by atoms with Crippen molar-refractivity contribution in [3.8, 4) is 11.1 Å². The first kappa shape index (κ1) is 18.4. The van der Waals surface area contributed by atoms with Crippen molar-refractivity contribution in [2.24, 2.45) is 0 Å². The summed E-state index contributed by atoms with van der Waals surface area (Å²) in [6.45, 7) is 1.95. The molecule has 3 aromatic rings. The monoisotopic (exact) mass is 359 g/mol. The van der Waals surface area contributed by atoms with Crippen LogP contribution in [0, 0.1) is 6.92 Å². The second kappa shape index (κ2) is 8.32. The zero-order valence-corrected chi connectivity index (χ0v) is 15.1. The minimum atomic E-state index is -1.05. The van der Waals surface area contributed by atoms with Gasteiger partial charge in [-0.25, -0.2) is 4.79 Å². The summed E-state index contributed by atoms with van der Waals surface area (Å²) >= 11 is 0. The highest BCUT2D eigenvalue weighted by molar-refractivity contribution is 5.97. The first-order chi connectivity index (χ1) is 13.0. The van der Waals surface area contributed by atoms with E-state index in [2.05, 4.69) is 5.32 Å². The highest BCUT2D eigenvalue weighted by atomic mass is 16.4. The van der Waals surface area contributed by atoms with Gasteiger partial charge < -0.3 is 10.4 Å². The van der Waals surface area contributed by atoms with Gasteiger partial charge in [0.05, 0.1) is 0 Å². The van der Waals surface area contributed by atoms with E-state index in [4.69, 9.17) is 0 Å². The van der Waals surface area contributed by atoms with E-state index in [1.807, 2.05) is 73.7 Å². The Bertz CT molecular complexity index is 933. The van der Waals surface area contributed by atoms with Crippen molar-refractivity contribution in [2.45, 2.75) is 19.4 Å². The van der Waals surface area contributed by atoms with Crippen LogP contribution >= 0.6 is 0 Å². The molecule has 0 bridgehead atoms. The van der Waals surface area contributed by atoms with Gasteiger partial charge in [0.1, 0.15) is 6.04 Å². The van der Waals surface area contributed by atoms with Crippen molar-refractivity contribution in [1.29, 1.82) is 0 Å². The van der Waals surface area contributed by atoms with Crippen LogP contribution in [0.5, 0.6) is 0 Å². The highest BCUT2D eigenvalue weighted by Crippen LogP contribution is 2.19. The summed E-state index contributed by atoms with van der Waals surface area (Å²) in [5.41, 5.74) is 4.43. The summed E-state index contributed by atoms with van der Waals surface area (Å²) in [4.78, 5) is 24.1. The molecule has 0 saturated heterocycles. The average Bonchev–Trinajstić information content (AvgIpc) is 2.68. The zero-order chi connectivity index (χ0) is 19.2. The molecule has 136 valence electrons. The number of aryl methyl sites for hydroxylation is 1. The van der Waals surface area contributed by atoms with Crippen LogP contribution in [0.3, 0.4) is 0 Å². The number of benzene rings is 3. The SMILES string of the molecule is Cc1cccc(C[C@H](NC(=O)c2ccc(-c3ccccc3)cc2)C(=O)O)c1. The Labute approximate surface area is 158 Å². The normalized spacial score (nSPS) is 11.6. The van der Waals surface area contributed by atoms with Crippen LogP contribution in [-0.4, -0.2) is 23.0 Å². The van der Waals surface area contributed by atoms with Crippen molar-refractivity contribution in [2.75, 3.05) is 0 Å². The maximum Gasteiger partial charge on any atom is 0.326 e. The molecule has 0 spiro atoms. The van der Waals surface area contributed by atoms with Crippen LogP contribution < -0.4 is 5.32 Å². The number of rotatable bonds is 6. The third kappa shape index (κ3) is 4.82. The maximum atomic E-state index is 12.5. The lowest BCUT2D eigenvalue weighted by Crippen LogP contribution is -2.42. The molecule has 2 N–H and O–H groups in total. The number of aliphatic carboxylic acids is 1. The molecule has 27 heavy (non-hydrogen) atoms. The van der Waals surface area contributed by atoms with Crippen molar-refractivity contribution in [1.82, 2.24) is 5.32 Å². The molecule has 0 unspecified atom stereocenters. The van der Waals surface area contributed by atoms with E-state index in [1.54, 1.807) is 12.1 Å². The van der Waals surface area contributed by atoms with E-state index in [0.29, 0.717) is 5.56 Å². The van der Waals surface area contributed by atoms with E-state index in [0.717, 1.165) is 22.3 Å². The van der Waals surface area contributed by atoms with E-state index >= 15 is 0 Å². The molecular weight excluding hydrogens is 338 g/mol. The largest absolute Gasteiger partial charge is 0.480 e. The second-order valence-electron chi connectivity index (χ2n) is 6.50. The standard InChI is InChI=1S/C23H21NO3/c1-16-6-5-7-17(14-16)15-21(23(26)27)24-22(25)20-12-10-19(11-13-20)18-8-3-2-4-9-18/h2-14,21H,15H2,1H3,(H,24,25)(H,26,27)/t21-/m0/s1. The molecule has 1 amide bonds. The molecule has 3 rings (SSSR count). The molecule has 0 saturated carbocycles. The van der Waals surface area contributed by atoms with Crippen LogP contribution in [0.2, 0.25) is 0 Å². The molecule has 0 aromatic heterocycles. The van der Waals surface area contributed by atoms with Crippen molar-refractivity contribution < 1.29 is 14.7 Å². The lowest BCUT2D eigenvalue weighted by atomic mass is 10.0. The van der Waals surface area contributed by atoms with Crippen LogP contribution in [-0.2, 0) is 11.2 Å². The third-order valence-corrected chi connectivity index (χ3v) is 4.38. The van der Waals surface area contributed by atoms with Gasteiger partial charge in [-0.3, -0.25) is 4.79 Å². The number of carbonyl (C=O) groups is 2. The van der Waals surface area contributed by atoms with Gasteiger partial charge in [0.2, 0.25) is 0 Å². The molecule has 0 radical (unpaired) electrons. The van der Waals surface area contributed by atoms with Crippen molar-refractivity contribution in [3.05, 3.63) is 95.6 Å². The van der Waals surface area contributed by atoms with Gasteiger partial charge in [-0.2, -0.15) is 0 Å². The first-order valence-corrected chi connectivity index (χ1v) is 8.77. The Morgan fingerprint density at radius 2 is 1.56 bits per heavy atom. The van der Waals surface area contributed by atoms with Gasteiger partial charge in [0, 0.05) is 12.0 Å². The fourth-order valence-corrected chi connectivity index (χ4v) is 2.96. The van der Waals surface area contributed by atoms with E-state index < -0.39 is 17.9 Å². The minimum Gasteiger partial charge on any atom is -0.480 e. The third-order valence-electron chi connectivity index (χ3n) is 4.38. The Hall–Kier alpha value is -3.40. The Kier molecular flexibility index (Phi) is 5.67. The number of carbonyl (C=O) groups excluding carboxylic acids is 1. The van der Waals surface area contributed by atoms with Crippen LogP contribution in [0.25, 0.3) is 11.1 Å². The number of hydrogen-bond donors (Lipinski definition) is 2. The number of carboxylic acid groups (broad SMARTS) is 1. The number of amides is 1. The van der Waals surface area contributed by atoms with Gasteiger partial charge in [0.25, 0.3) is 5.91 Å². The molecule has 3 aromatic carbocycles. The lowest BCUT2D eigenvalue weighted by molar-refractivity contribution is -0.139. The van der Waals surface area contributed by atoms with E-state index in [1.165, 1.54) is 0 Å². The molecule has 0 fully saturated rings. The van der Waals surface area contributed by atoms with Crippen molar-refractivity contribution in [3.63, 3.8) is 0 Å². The number of hydrogen-bond acceptors (Lipinski definition) is 2. The number of carboxylic acids is 1.